The average Bonchev–Trinajstić information content (AvgIpc) is 2.72. The van der Waals surface area contributed by atoms with Crippen molar-refractivity contribution in [3.8, 4) is 11.5 Å². The van der Waals surface area contributed by atoms with Crippen LogP contribution in [0.15, 0.2) is 72.8 Å². The zero-order chi connectivity index (χ0) is 19.1. The smallest absolute Gasteiger partial charge is 0.166 e. The molecule has 3 aromatic rings. The van der Waals surface area contributed by atoms with Gasteiger partial charge in [-0.2, -0.15) is 0 Å². The van der Waals surface area contributed by atoms with Crippen LogP contribution in [0.4, 0.5) is 0 Å². The molecular formula is C24H27NO2. The summed E-state index contributed by atoms with van der Waals surface area (Å²) >= 11 is 0. The van der Waals surface area contributed by atoms with Gasteiger partial charge in [-0.25, -0.2) is 0 Å². The molecule has 27 heavy (non-hydrogen) atoms. The fourth-order valence-electron chi connectivity index (χ4n) is 2.99. The molecule has 3 heteroatoms. The van der Waals surface area contributed by atoms with Crippen LogP contribution in [0.1, 0.15) is 35.2 Å². The second-order valence-electron chi connectivity index (χ2n) is 6.74. The maximum Gasteiger partial charge on any atom is 0.166 e. The Bertz CT molecular complexity index is 844. The van der Waals surface area contributed by atoms with Gasteiger partial charge in [0.1, 0.15) is 6.61 Å². The molecule has 0 aliphatic carbocycles. The zero-order valence-electron chi connectivity index (χ0n) is 16.2. The van der Waals surface area contributed by atoms with Gasteiger partial charge in [-0.3, -0.25) is 0 Å². The summed E-state index contributed by atoms with van der Waals surface area (Å²) < 4.78 is 11.7. The standard InChI is InChI=1S/C24H27NO2/c1-18-12-14-20(15-13-18)17-27-24-22(10-7-11-23(24)26-3)16-25-19(2)21-8-5-4-6-9-21/h4-15,19,25H,16-17H2,1-3H3. The van der Waals surface area contributed by atoms with Gasteiger partial charge in [-0.05, 0) is 31.0 Å². The predicted molar refractivity (Wildman–Crippen MR) is 110 cm³/mol. The van der Waals surface area contributed by atoms with E-state index < -0.39 is 0 Å². The van der Waals surface area contributed by atoms with Crippen molar-refractivity contribution in [2.45, 2.75) is 33.0 Å². The van der Waals surface area contributed by atoms with Crippen molar-refractivity contribution in [2.75, 3.05) is 7.11 Å². The Hall–Kier alpha value is -2.78. The molecule has 0 saturated carbocycles. The van der Waals surface area contributed by atoms with E-state index in [1.807, 2.05) is 18.2 Å². The van der Waals surface area contributed by atoms with Crippen LogP contribution in [0, 0.1) is 6.92 Å². The molecule has 0 amide bonds. The maximum atomic E-state index is 6.16. The molecule has 0 heterocycles. The number of para-hydroxylation sites is 1. The Morgan fingerprint density at radius 2 is 1.63 bits per heavy atom. The van der Waals surface area contributed by atoms with Gasteiger partial charge in [-0.15, -0.1) is 0 Å². The molecule has 0 fully saturated rings. The highest BCUT2D eigenvalue weighted by Gasteiger charge is 2.12. The molecule has 3 nitrogen and oxygen atoms in total. The van der Waals surface area contributed by atoms with Crippen LogP contribution in [-0.2, 0) is 13.2 Å². The molecule has 0 aliphatic heterocycles. The molecule has 3 aromatic carbocycles. The van der Waals surface area contributed by atoms with Crippen molar-refractivity contribution in [1.29, 1.82) is 0 Å². The third kappa shape index (κ3) is 5.11. The Morgan fingerprint density at radius 1 is 0.889 bits per heavy atom. The number of aryl methyl sites for hydroxylation is 1. The fourth-order valence-corrected chi connectivity index (χ4v) is 2.99. The van der Waals surface area contributed by atoms with Crippen molar-refractivity contribution in [3.63, 3.8) is 0 Å². The number of ether oxygens (including phenoxy) is 2. The van der Waals surface area contributed by atoms with Crippen LogP contribution in [0.25, 0.3) is 0 Å². The molecule has 140 valence electrons. The zero-order valence-corrected chi connectivity index (χ0v) is 16.2. The van der Waals surface area contributed by atoms with E-state index in [-0.39, 0.29) is 6.04 Å². The van der Waals surface area contributed by atoms with Gasteiger partial charge in [0.05, 0.1) is 7.11 Å². The first kappa shape index (κ1) is 19.0. The average molecular weight is 361 g/mol. The van der Waals surface area contributed by atoms with Crippen LogP contribution in [-0.4, -0.2) is 7.11 Å². The number of methoxy groups -OCH3 is 1. The fraction of sp³-hybridized carbons (Fsp3) is 0.250. The Balaban J connectivity index is 1.71. The lowest BCUT2D eigenvalue weighted by Gasteiger charge is -2.18. The number of hydrogen-bond donors (Lipinski definition) is 1. The summed E-state index contributed by atoms with van der Waals surface area (Å²) in [7, 11) is 1.68. The molecule has 0 radical (unpaired) electrons. The molecule has 3 rings (SSSR count). The molecule has 0 aliphatic rings. The molecular weight excluding hydrogens is 334 g/mol. The maximum absolute atomic E-state index is 6.16. The van der Waals surface area contributed by atoms with Crippen LogP contribution in [0.3, 0.4) is 0 Å². The Morgan fingerprint density at radius 3 is 2.33 bits per heavy atom. The van der Waals surface area contributed by atoms with Gasteiger partial charge in [0.2, 0.25) is 0 Å². The minimum absolute atomic E-state index is 0.252. The van der Waals surface area contributed by atoms with Gasteiger partial charge in [0.25, 0.3) is 0 Å². The number of hydrogen-bond acceptors (Lipinski definition) is 3. The second kappa shape index (κ2) is 9.24. The van der Waals surface area contributed by atoms with Gasteiger partial charge >= 0.3 is 0 Å². The van der Waals surface area contributed by atoms with Crippen LogP contribution in [0.5, 0.6) is 11.5 Å². The largest absolute Gasteiger partial charge is 0.493 e. The molecule has 1 atom stereocenters. The number of nitrogens with one attached hydrogen (secondary N) is 1. The normalized spacial score (nSPS) is 11.8. The summed E-state index contributed by atoms with van der Waals surface area (Å²) in [5.74, 6) is 1.56. The van der Waals surface area contributed by atoms with E-state index in [0.29, 0.717) is 13.2 Å². The lowest BCUT2D eigenvalue weighted by Crippen LogP contribution is -2.18. The Kier molecular flexibility index (Phi) is 6.50. The van der Waals surface area contributed by atoms with Crippen LogP contribution >= 0.6 is 0 Å². The van der Waals surface area contributed by atoms with Crippen LogP contribution < -0.4 is 14.8 Å². The quantitative estimate of drug-likeness (QED) is 0.580. The minimum atomic E-state index is 0.252. The van der Waals surface area contributed by atoms with Crippen LogP contribution in [0.2, 0.25) is 0 Å². The lowest BCUT2D eigenvalue weighted by atomic mass is 10.1. The first-order valence-corrected chi connectivity index (χ1v) is 9.30. The molecule has 0 saturated heterocycles. The number of benzene rings is 3. The summed E-state index contributed by atoms with van der Waals surface area (Å²) in [6.45, 7) is 5.48. The first-order chi connectivity index (χ1) is 13.2. The van der Waals surface area contributed by atoms with Crippen molar-refractivity contribution in [3.05, 3.63) is 95.1 Å². The van der Waals surface area contributed by atoms with Crippen molar-refractivity contribution in [2.24, 2.45) is 0 Å². The molecule has 1 unspecified atom stereocenters. The van der Waals surface area contributed by atoms with Crippen molar-refractivity contribution in [1.82, 2.24) is 5.32 Å². The van der Waals surface area contributed by atoms with E-state index >= 15 is 0 Å². The van der Waals surface area contributed by atoms with Gasteiger partial charge in [-0.1, -0.05) is 72.3 Å². The van der Waals surface area contributed by atoms with E-state index in [9.17, 15) is 0 Å². The SMILES string of the molecule is COc1cccc(CNC(C)c2ccccc2)c1OCc1ccc(C)cc1. The lowest BCUT2D eigenvalue weighted by molar-refractivity contribution is 0.280. The minimum Gasteiger partial charge on any atom is -0.493 e. The van der Waals surface area contributed by atoms with Crippen molar-refractivity contribution < 1.29 is 9.47 Å². The highest BCUT2D eigenvalue weighted by molar-refractivity contribution is 5.46. The summed E-state index contributed by atoms with van der Waals surface area (Å²) in [5, 5.41) is 3.58. The second-order valence-corrected chi connectivity index (χ2v) is 6.74. The van der Waals surface area contributed by atoms with E-state index in [4.69, 9.17) is 9.47 Å². The molecule has 0 bridgehead atoms. The van der Waals surface area contributed by atoms with Gasteiger partial charge in [0.15, 0.2) is 11.5 Å². The molecule has 0 spiro atoms. The highest BCUT2D eigenvalue weighted by atomic mass is 16.5. The third-order valence-corrected chi connectivity index (χ3v) is 4.68. The van der Waals surface area contributed by atoms with E-state index in [0.717, 1.165) is 22.6 Å². The molecule has 0 aromatic heterocycles. The van der Waals surface area contributed by atoms with Crippen molar-refractivity contribution >= 4 is 0 Å². The summed E-state index contributed by atoms with van der Waals surface area (Å²) in [6, 6.07) is 25.1. The Labute approximate surface area is 162 Å². The van der Waals surface area contributed by atoms with Gasteiger partial charge in [0, 0.05) is 18.2 Å². The van der Waals surface area contributed by atoms with E-state index in [1.54, 1.807) is 7.11 Å². The summed E-state index contributed by atoms with van der Waals surface area (Å²) in [4.78, 5) is 0. The van der Waals surface area contributed by atoms with E-state index in [2.05, 4.69) is 73.8 Å². The van der Waals surface area contributed by atoms with E-state index in [1.165, 1.54) is 11.1 Å². The third-order valence-electron chi connectivity index (χ3n) is 4.68. The number of rotatable bonds is 8. The highest BCUT2D eigenvalue weighted by Crippen LogP contribution is 2.32. The monoisotopic (exact) mass is 361 g/mol. The predicted octanol–water partition coefficient (Wildman–Crippen LogP) is 5.43. The summed E-state index contributed by atoms with van der Waals surface area (Å²) in [5.41, 5.74) is 4.74. The molecule has 1 N–H and O–H groups in total. The topological polar surface area (TPSA) is 30.5 Å². The van der Waals surface area contributed by atoms with Gasteiger partial charge < -0.3 is 14.8 Å². The summed E-state index contributed by atoms with van der Waals surface area (Å²) in [6.07, 6.45) is 0. The first-order valence-electron chi connectivity index (χ1n) is 9.30.